The third-order valence-electron chi connectivity index (χ3n) is 12.2. The van der Waals surface area contributed by atoms with Gasteiger partial charge in [-0.05, 0) is 48.8 Å². The van der Waals surface area contributed by atoms with Crippen LogP contribution >= 0.6 is 0 Å². The summed E-state index contributed by atoms with van der Waals surface area (Å²) in [5.41, 5.74) is 1.76. The van der Waals surface area contributed by atoms with E-state index in [0.29, 0.717) is 29.8 Å². The van der Waals surface area contributed by atoms with E-state index in [9.17, 15) is 19.5 Å². The molecule has 0 aliphatic carbocycles. The SMILES string of the molecule is CC(C)(CN1C(=O)c2cccc3cccc(c23)C1=O)C[N+](C)(C)CCCCCC[N+]1(C)[C@@H]2CC(OC(=O)[C@H](CO)c3ccccc3)C[C@H]1[C@@H]1O[C@@H]12. The molecule has 0 spiro atoms. The summed E-state index contributed by atoms with van der Waals surface area (Å²) in [6.45, 7) is 7.46. The van der Waals surface area contributed by atoms with Crippen LogP contribution in [0.2, 0.25) is 0 Å². The summed E-state index contributed by atoms with van der Waals surface area (Å²) in [6.07, 6.45) is 6.63. The third kappa shape index (κ3) is 6.98. The van der Waals surface area contributed by atoms with Crippen molar-refractivity contribution in [1.29, 1.82) is 0 Å². The largest absolute Gasteiger partial charge is 0.461 e. The number of epoxide rings is 1. The standard InChI is InChI=1S/C42H55N3O6/c1-42(2,26-43-39(47)31-19-13-17-29-18-14-20-32(36(29)31)40(43)48)27-44(3,4)21-11-6-7-12-22-45(5)34-23-30(24-35(45)38-37(34)51-38)50-41(49)33(25-46)28-15-9-8-10-16-28/h8-10,13-20,30,33-35,37-38,46H,6-7,11-12,21-27H2,1-5H3/q+2/t30?,33-,34-,35+,37-,38+,45?/m1/s1. The molecular weight excluding hydrogens is 642 g/mol. The Kier molecular flexibility index (Phi) is 9.63. The molecule has 9 nitrogen and oxygen atoms in total. The van der Waals surface area contributed by atoms with Crippen molar-refractivity contribution in [3.8, 4) is 0 Å². The first kappa shape index (κ1) is 35.8. The lowest BCUT2D eigenvalue weighted by Gasteiger charge is -2.48. The van der Waals surface area contributed by atoms with Gasteiger partial charge in [-0.1, -0.05) is 68.4 Å². The van der Waals surface area contributed by atoms with Crippen molar-refractivity contribution in [2.45, 2.75) is 88.7 Å². The highest BCUT2D eigenvalue weighted by Gasteiger charge is 2.71. The molecule has 2 amide bonds. The van der Waals surface area contributed by atoms with E-state index in [1.165, 1.54) is 11.3 Å². The van der Waals surface area contributed by atoms with Crippen molar-refractivity contribution in [3.63, 3.8) is 0 Å². The van der Waals surface area contributed by atoms with Gasteiger partial charge in [0.1, 0.15) is 36.3 Å². The fourth-order valence-corrected chi connectivity index (χ4v) is 10.0. The summed E-state index contributed by atoms with van der Waals surface area (Å²) < 4.78 is 14.0. The second kappa shape index (κ2) is 13.7. The number of imide groups is 1. The Morgan fingerprint density at radius 3 is 2.14 bits per heavy atom. The van der Waals surface area contributed by atoms with Gasteiger partial charge in [-0.3, -0.25) is 19.3 Å². The number of piperidine rings is 1. The minimum absolute atomic E-state index is 0.131. The molecular formula is C42H55N3O6+2. The van der Waals surface area contributed by atoms with Crippen LogP contribution in [0.15, 0.2) is 66.7 Å². The normalized spacial score (nSPS) is 27.4. The summed E-state index contributed by atoms with van der Waals surface area (Å²) in [5, 5.41) is 11.7. The molecule has 3 aromatic carbocycles. The molecule has 2 bridgehead atoms. The van der Waals surface area contributed by atoms with Crippen LogP contribution in [0, 0.1) is 5.41 Å². The quantitative estimate of drug-likeness (QED) is 0.0737. The molecule has 3 fully saturated rings. The highest BCUT2D eigenvalue weighted by Crippen LogP contribution is 2.53. The van der Waals surface area contributed by atoms with Gasteiger partial charge in [0.05, 0.1) is 47.4 Å². The number of quaternary nitrogens is 2. The molecule has 2 unspecified atom stereocenters. The molecule has 4 aliphatic heterocycles. The number of benzene rings is 3. The predicted octanol–water partition coefficient (Wildman–Crippen LogP) is 5.55. The summed E-state index contributed by atoms with van der Waals surface area (Å²) in [5.74, 6) is -1.37. The Morgan fingerprint density at radius 1 is 0.922 bits per heavy atom. The van der Waals surface area contributed by atoms with Crippen molar-refractivity contribution in [1.82, 2.24) is 4.90 Å². The van der Waals surface area contributed by atoms with Crippen molar-refractivity contribution in [3.05, 3.63) is 83.4 Å². The Hall–Kier alpha value is -3.63. The second-order valence-electron chi connectivity index (χ2n) is 17.2. The van der Waals surface area contributed by atoms with Gasteiger partial charge in [-0.2, -0.15) is 0 Å². The predicted molar refractivity (Wildman–Crippen MR) is 196 cm³/mol. The van der Waals surface area contributed by atoms with Crippen LogP contribution in [0.3, 0.4) is 0 Å². The van der Waals surface area contributed by atoms with Crippen molar-refractivity contribution < 1.29 is 37.9 Å². The number of fused-ring (bicyclic) bond motifs is 5. The topological polar surface area (TPSA) is 96.4 Å². The number of hydrogen-bond donors (Lipinski definition) is 1. The fourth-order valence-electron chi connectivity index (χ4n) is 10.0. The zero-order valence-electron chi connectivity index (χ0n) is 30.9. The van der Waals surface area contributed by atoms with Gasteiger partial charge in [0, 0.05) is 41.3 Å². The van der Waals surface area contributed by atoms with Crippen LogP contribution in [-0.2, 0) is 14.3 Å². The Balaban J connectivity index is 0.862. The Morgan fingerprint density at radius 2 is 1.53 bits per heavy atom. The average Bonchev–Trinajstić information content (AvgIpc) is 3.86. The lowest BCUT2D eigenvalue weighted by Crippen LogP contribution is -2.62. The van der Waals surface area contributed by atoms with E-state index in [1.807, 2.05) is 66.7 Å². The summed E-state index contributed by atoms with van der Waals surface area (Å²) in [4.78, 5) is 41.6. The maximum Gasteiger partial charge on any atom is 0.316 e. The molecule has 1 N–H and O–H groups in total. The number of ether oxygens (including phenoxy) is 2. The van der Waals surface area contributed by atoms with Crippen LogP contribution in [0.1, 0.15) is 84.6 Å². The molecule has 9 heteroatoms. The van der Waals surface area contributed by atoms with Gasteiger partial charge >= 0.3 is 5.97 Å². The first-order chi connectivity index (χ1) is 24.3. The molecule has 0 aromatic heterocycles. The van der Waals surface area contributed by atoms with E-state index in [4.69, 9.17) is 9.47 Å². The third-order valence-corrected chi connectivity index (χ3v) is 12.2. The monoisotopic (exact) mass is 697 g/mol. The second-order valence-corrected chi connectivity index (χ2v) is 17.2. The molecule has 51 heavy (non-hydrogen) atoms. The van der Waals surface area contributed by atoms with Gasteiger partial charge in [0.2, 0.25) is 0 Å². The number of likely N-dealkylation sites (N-methyl/N-ethyl adjacent to an activating group) is 1. The zero-order valence-corrected chi connectivity index (χ0v) is 30.9. The number of unbranched alkanes of at least 4 members (excludes halogenated alkanes) is 3. The van der Waals surface area contributed by atoms with E-state index >= 15 is 0 Å². The number of aliphatic hydroxyl groups excluding tert-OH is 1. The number of morpholine rings is 1. The summed E-state index contributed by atoms with van der Waals surface area (Å²) >= 11 is 0. The van der Waals surface area contributed by atoms with Crippen LogP contribution < -0.4 is 0 Å². The minimum atomic E-state index is -0.649. The number of carbonyl (C=O) groups is 3. The molecule has 3 saturated heterocycles. The molecule has 4 heterocycles. The van der Waals surface area contributed by atoms with Crippen molar-refractivity contribution in [2.75, 3.05) is 53.9 Å². The van der Waals surface area contributed by atoms with Crippen LogP contribution in [0.4, 0.5) is 0 Å². The van der Waals surface area contributed by atoms with E-state index in [-0.39, 0.29) is 48.1 Å². The first-order valence-corrected chi connectivity index (χ1v) is 18.9. The van der Waals surface area contributed by atoms with E-state index in [2.05, 4.69) is 35.0 Å². The molecule has 272 valence electrons. The molecule has 4 aliphatic rings. The van der Waals surface area contributed by atoms with Gasteiger partial charge in [0.25, 0.3) is 11.8 Å². The lowest BCUT2D eigenvalue weighted by atomic mass is 9.88. The maximum absolute atomic E-state index is 13.5. The molecule has 7 rings (SSSR count). The molecule has 3 aromatic rings. The van der Waals surface area contributed by atoms with Crippen LogP contribution in [-0.4, -0.2) is 121 Å². The number of amides is 2. The molecule has 7 atom stereocenters. The van der Waals surface area contributed by atoms with Gasteiger partial charge in [0.15, 0.2) is 0 Å². The highest BCUT2D eigenvalue weighted by molar-refractivity contribution is 6.25. The minimum Gasteiger partial charge on any atom is -0.461 e. The van der Waals surface area contributed by atoms with E-state index < -0.39 is 5.92 Å². The number of rotatable bonds is 15. The highest BCUT2D eigenvalue weighted by atomic mass is 16.6. The number of hydrogen-bond acceptors (Lipinski definition) is 6. The maximum atomic E-state index is 13.5. The number of aliphatic hydroxyl groups is 1. The van der Waals surface area contributed by atoms with Gasteiger partial charge in [-0.15, -0.1) is 0 Å². The number of esters is 1. The summed E-state index contributed by atoms with van der Waals surface area (Å²) in [7, 11) is 6.89. The smallest absolute Gasteiger partial charge is 0.316 e. The van der Waals surface area contributed by atoms with Crippen LogP contribution in [0.25, 0.3) is 10.8 Å². The van der Waals surface area contributed by atoms with Crippen molar-refractivity contribution in [2.24, 2.45) is 5.41 Å². The van der Waals surface area contributed by atoms with Crippen molar-refractivity contribution >= 4 is 28.6 Å². The Bertz CT molecular complexity index is 1720. The first-order valence-electron chi connectivity index (χ1n) is 18.9. The fraction of sp³-hybridized carbons (Fsp3) is 0.548. The van der Waals surface area contributed by atoms with E-state index in [1.54, 1.807) is 0 Å². The summed E-state index contributed by atoms with van der Waals surface area (Å²) in [6, 6.07) is 21.5. The average molecular weight is 698 g/mol. The van der Waals surface area contributed by atoms with E-state index in [0.717, 1.165) is 77.0 Å². The Labute approximate surface area is 302 Å². The van der Waals surface area contributed by atoms with Gasteiger partial charge < -0.3 is 23.5 Å². The number of carbonyl (C=O) groups excluding carboxylic acids is 3. The number of nitrogens with zero attached hydrogens (tertiary/aromatic N) is 3. The molecule has 0 saturated carbocycles. The lowest BCUT2D eigenvalue weighted by molar-refractivity contribution is -0.956. The van der Waals surface area contributed by atoms with Gasteiger partial charge in [-0.25, -0.2) is 0 Å². The molecule has 0 radical (unpaired) electrons. The zero-order chi connectivity index (χ0) is 36.1. The van der Waals surface area contributed by atoms with Crippen LogP contribution in [0.5, 0.6) is 0 Å².